The number of rotatable bonds is 1. The summed E-state index contributed by atoms with van der Waals surface area (Å²) in [6.45, 7) is 2.30. The van der Waals surface area contributed by atoms with Crippen LogP contribution in [0.5, 0.6) is 0 Å². The molecule has 2 N–H and O–H groups in total. The van der Waals surface area contributed by atoms with Crippen molar-refractivity contribution in [2.24, 2.45) is 0 Å². The summed E-state index contributed by atoms with van der Waals surface area (Å²) in [4.78, 5) is 0. The molecule has 0 aromatic heterocycles. The molecule has 0 heterocycles. The summed E-state index contributed by atoms with van der Waals surface area (Å²) in [5.74, 6) is 0. The molecule has 0 unspecified atom stereocenters. The third-order valence-corrected chi connectivity index (χ3v) is 3.24. The number of benzene rings is 1. The van der Waals surface area contributed by atoms with Crippen LogP contribution in [-0.4, -0.2) is 0 Å². The molecule has 1 aliphatic carbocycles. The predicted molar refractivity (Wildman–Crippen MR) is 60.2 cm³/mol. The van der Waals surface area contributed by atoms with Crippen LogP contribution in [0.3, 0.4) is 0 Å². The van der Waals surface area contributed by atoms with Gasteiger partial charge in [-0.1, -0.05) is 6.92 Å². The summed E-state index contributed by atoms with van der Waals surface area (Å²) in [5, 5.41) is 0. The standard InChI is InChI=1S/C10H12IN/c1-10(2-3-10)7-4-8(11)6-9(12)5-7/h4-6H,2-3,12H2,1H3. The van der Waals surface area contributed by atoms with Gasteiger partial charge in [-0.05, 0) is 64.6 Å². The van der Waals surface area contributed by atoms with Gasteiger partial charge in [0.2, 0.25) is 0 Å². The molecule has 0 spiro atoms. The Bertz CT molecular complexity index is 295. The number of hydrogen-bond donors (Lipinski definition) is 1. The smallest absolute Gasteiger partial charge is 0.0327 e. The fourth-order valence-corrected chi connectivity index (χ4v) is 2.13. The second-order valence-electron chi connectivity index (χ2n) is 3.83. The first kappa shape index (κ1) is 8.35. The Morgan fingerprint density at radius 3 is 2.50 bits per heavy atom. The molecule has 1 aliphatic rings. The van der Waals surface area contributed by atoms with Gasteiger partial charge >= 0.3 is 0 Å². The van der Waals surface area contributed by atoms with Crippen LogP contribution in [0.15, 0.2) is 18.2 Å². The monoisotopic (exact) mass is 273 g/mol. The van der Waals surface area contributed by atoms with E-state index >= 15 is 0 Å². The Labute approximate surface area is 86.5 Å². The molecule has 0 amide bonds. The van der Waals surface area contributed by atoms with Crippen LogP contribution in [0.2, 0.25) is 0 Å². The van der Waals surface area contributed by atoms with Crippen molar-refractivity contribution in [3.05, 3.63) is 27.3 Å². The highest BCUT2D eigenvalue weighted by molar-refractivity contribution is 14.1. The van der Waals surface area contributed by atoms with E-state index in [2.05, 4.69) is 41.6 Å². The highest BCUT2D eigenvalue weighted by Gasteiger charge is 2.39. The first-order valence-corrected chi connectivity index (χ1v) is 5.25. The van der Waals surface area contributed by atoms with Crippen molar-refractivity contribution in [3.63, 3.8) is 0 Å². The Balaban J connectivity index is 2.44. The van der Waals surface area contributed by atoms with Crippen LogP contribution in [-0.2, 0) is 5.41 Å². The molecular formula is C10H12IN. The zero-order valence-electron chi connectivity index (χ0n) is 7.10. The average molecular weight is 273 g/mol. The van der Waals surface area contributed by atoms with E-state index in [0.29, 0.717) is 5.41 Å². The summed E-state index contributed by atoms with van der Waals surface area (Å²) < 4.78 is 1.25. The van der Waals surface area contributed by atoms with Crippen LogP contribution in [0.1, 0.15) is 25.3 Å². The quantitative estimate of drug-likeness (QED) is 0.618. The maximum absolute atomic E-state index is 5.78. The molecule has 2 heteroatoms. The summed E-state index contributed by atoms with van der Waals surface area (Å²) in [7, 11) is 0. The molecule has 0 aliphatic heterocycles. The van der Waals surface area contributed by atoms with Gasteiger partial charge in [0.05, 0.1) is 0 Å². The third-order valence-electron chi connectivity index (χ3n) is 2.62. The van der Waals surface area contributed by atoms with E-state index in [1.165, 1.54) is 22.0 Å². The zero-order valence-corrected chi connectivity index (χ0v) is 9.26. The number of anilines is 1. The van der Waals surface area contributed by atoms with E-state index in [4.69, 9.17) is 5.73 Å². The van der Waals surface area contributed by atoms with E-state index in [0.717, 1.165) is 5.69 Å². The zero-order chi connectivity index (χ0) is 8.77. The van der Waals surface area contributed by atoms with Crippen molar-refractivity contribution in [2.45, 2.75) is 25.2 Å². The van der Waals surface area contributed by atoms with E-state index in [9.17, 15) is 0 Å². The molecular weight excluding hydrogens is 261 g/mol. The van der Waals surface area contributed by atoms with Crippen molar-refractivity contribution in [2.75, 3.05) is 5.73 Å². The van der Waals surface area contributed by atoms with Crippen molar-refractivity contribution in [1.82, 2.24) is 0 Å². The third kappa shape index (κ3) is 1.44. The molecule has 2 rings (SSSR count). The van der Waals surface area contributed by atoms with Crippen molar-refractivity contribution in [1.29, 1.82) is 0 Å². The fourth-order valence-electron chi connectivity index (χ4n) is 1.44. The van der Waals surface area contributed by atoms with Gasteiger partial charge in [0.15, 0.2) is 0 Å². The molecule has 0 atom stereocenters. The van der Waals surface area contributed by atoms with E-state index in [-0.39, 0.29) is 0 Å². The lowest BCUT2D eigenvalue weighted by Crippen LogP contribution is -2.01. The summed E-state index contributed by atoms with van der Waals surface area (Å²) >= 11 is 2.32. The van der Waals surface area contributed by atoms with Crippen LogP contribution in [0.25, 0.3) is 0 Å². The van der Waals surface area contributed by atoms with Crippen molar-refractivity contribution < 1.29 is 0 Å². The summed E-state index contributed by atoms with van der Waals surface area (Å²) in [6.07, 6.45) is 2.62. The molecule has 1 aromatic rings. The maximum atomic E-state index is 5.78. The van der Waals surface area contributed by atoms with Gasteiger partial charge in [-0.2, -0.15) is 0 Å². The summed E-state index contributed by atoms with van der Waals surface area (Å²) in [6, 6.07) is 6.36. The highest BCUT2D eigenvalue weighted by Crippen LogP contribution is 2.48. The number of halogens is 1. The normalized spacial score (nSPS) is 19.2. The SMILES string of the molecule is CC1(c2cc(N)cc(I)c2)CC1. The van der Waals surface area contributed by atoms with Crippen molar-refractivity contribution in [3.8, 4) is 0 Å². The largest absolute Gasteiger partial charge is 0.399 e. The van der Waals surface area contributed by atoms with Gasteiger partial charge in [0.1, 0.15) is 0 Å². The van der Waals surface area contributed by atoms with Crippen LogP contribution in [0, 0.1) is 3.57 Å². The van der Waals surface area contributed by atoms with Crippen LogP contribution < -0.4 is 5.73 Å². The Morgan fingerprint density at radius 1 is 1.33 bits per heavy atom. The lowest BCUT2D eigenvalue weighted by molar-refractivity contribution is 0.787. The molecule has 0 radical (unpaired) electrons. The second-order valence-corrected chi connectivity index (χ2v) is 5.08. The summed E-state index contributed by atoms with van der Waals surface area (Å²) in [5.41, 5.74) is 8.52. The number of nitrogen functional groups attached to an aromatic ring is 1. The van der Waals surface area contributed by atoms with Gasteiger partial charge in [-0.25, -0.2) is 0 Å². The fraction of sp³-hybridized carbons (Fsp3) is 0.400. The molecule has 64 valence electrons. The predicted octanol–water partition coefficient (Wildman–Crippen LogP) is 2.92. The molecule has 1 fully saturated rings. The lowest BCUT2D eigenvalue weighted by atomic mass is 9.98. The van der Waals surface area contributed by atoms with Crippen molar-refractivity contribution >= 4 is 28.3 Å². The Morgan fingerprint density at radius 2 is 2.00 bits per heavy atom. The van der Waals surface area contributed by atoms with Gasteiger partial charge in [0.25, 0.3) is 0 Å². The minimum Gasteiger partial charge on any atom is -0.399 e. The molecule has 1 aromatic carbocycles. The van der Waals surface area contributed by atoms with Gasteiger partial charge in [-0.15, -0.1) is 0 Å². The second kappa shape index (κ2) is 2.62. The maximum Gasteiger partial charge on any atom is 0.0327 e. The Hall–Kier alpha value is -0.250. The minimum atomic E-state index is 0.440. The average Bonchev–Trinajstić information content (AvgIpc) is 2.67. The highest BCUT2D eigenvalue weighted by atomic mass is 127. The van der Waals surface area contributed by atoms with E-state index < -0.39 is 0 Å². The number of hydrogen-bond acceptors (Lipinski definition) is 1. The Kier molecular flexibility index (Phi) is 1.82. The van der Waals surface area contributed by atoms with E-state index in [1.807, 2.05) is 6.07 Å². The minimum absolute atomic E-state index is 0.440. The molecule has 12 heavy (non-hydrogen) atoms. The van der Waals surface area contributed by atoms with Gasteiger partial charge < -0.3 is 5.73 Å². The first-order chi connectivity index (χ1) is 5.60. The lowest BCUT2D eigenvalue weighted by Gasteiger charge is -2.09. The molecule has 0 saturated heterocycles. The topological polar surface area (TPSA) is 26.0 Å². The molecule has 0 bridgehead atoms. The molecule has 1 saturated carbocycles. The van der Waals surface area contributed by atoms with Crippen LogP contribution in [0.4, 0.5) is 5.69 Å². The number of nitrogens with two attached hydrogens (primary N) is 1. The molecule has 1 nitrogen and oxygen atoms in total. The van der Waals surface area contributed by atoms with Crippen LogP contribution >= 0.6 is 22.6 Å². The van der Waals surface area contributed by atoms with Gasteiger partial charge in [-0.3, -0.25) is 0 Å². The van der Waals surface area contributed by atoms with E-state index in [1.54, 1.807) is 0 Å². The van der Waals surface area contributed by atoms with Gasteiger partial charge in [0, 0.05) is 9.26 Å². The first-order valence-electron chi connectivity index (χ1n) is 4.17.